The molecule has 5 nitrogen and oxygen atoms in total. The van der Waals surface area contributed by atoms with Gasteiger partial charge in [-0.25, -0.2) is 0 Å². The number of nitrogens with zero attached hydrogens (tertiary/aromatic N) is 1. The van der Waals surface area contributed by atoms with Gasteiger partial charge in [0.05, 0.1) is 0 Å². The minimum absolute atomic E-state index is 0.184. The molecule has 0 aliphatic heterocycles. The summed E-state index contributed by atoms with van der Waals surface area (Å²) in [4.78, 5) is 26.6. The minimum Gasteiger partial charge on any atom is -0.357 e. The number of likely N-dealkylation sites (N-methyl/N-ethyl adjacent to an activating group) is 1. The summed E-state index contributed by atoms with van der Waals surface area (Å²) in [6.07, 6.45) is 1.43. The van der Waals surface area contributed by atoms with Crippen LogP contribution in [0.15, 0.2) is 18.3 Å². The molecule has 16 heavy (non-hydrogen) atoms. The number of carbonyl (C=O) groups excluding carboxylic acids is 2. The third-order valence-electron chi connectivity index (χ3n) is 1.94. The van der Waals surface area contributed by atoms with E-state index in [1.54, 1.807) is 13.0 Å². The Kier molecular flexibility index (Phi) is 4.25. The summed E-state index contributed by atoms with van der Waals surface area (Å²) in [7, 11) is 1.50. The number of halogens is 1. The largest absolute Gasteiger partial charge is 0.357 e. The van der Waals surface area contributed by atoms with Crippen molar-refractivity contribution in [2.75, 3.05) is 7.05 Å². The van der Waals surface area contributed by atoms with Crippen LogP contribution in [0, 0.1) is 0 Å². The summed E-state index contributed by atoms with van der Waals surface area (Å²) < 4.78 is 0. The van der Waals surface area contributed by atoms with E-state index in [1.165, 1.54) is 19.3 Å². The first-order valence-corrected chi connectivity index (χ1v) is 5.06. The van der Waals surface area contributed by atoms with E-state index in [0.717, 1.165) is 0 Å². The van der Waals surface area contributed by atoms with Crippen molar-refractivity contribution < 1.29 is 9.59 Å². The van der Waals surface area contributed by atoms with Gasteiger partial charge in [0.1, 0.15) is 11.7 Å². The van der Waals surface area contributed by atoms with Crippen LogP contribution < -0.4 is 10.6 Å². The first-order valence-electron chi connectivity index (χ1n) is 4.68. The van der Waals surface area contributed by atoms with E-state index in [2.05, 4.69) is 15.6 Å². The summed E-state index contributed by atoms with van der Waals surface area (Å²) in [6.45, 7) is 1.58. The van der Waals surface area contributed by atoms with Gasteiger partial charge in [-0.2, -0.15) is 0 Å². The molecule has 0 saturated heterocycles. The number of carbonyl (C=O) groups is 2. The Bertz CT molecular complexity index is 409. The lowest BCUT2D eigenvalue weighted by Gasteiger charge is -2.11. The number of amides is 2. The SMILES string of the molecule is CNC(=O)C(C)NC(=O)c1cc(Cl)ccn1. The van der Waals surface area contributed by atoms with Crippen LogP contribution >= 0.6 is 11.6 Å². The molecule has 0 spiro atoms. The van der Waals surface area contributed by atoms with E-state index in [0.29, 0.717) is 5.02 Å². The number of hydrogen-bond donors (Lipinski definition) is 2. The Morgan fingerprint density at radius 3 is 2.75 bits per heavy atom. The van der Waals surface area contributed by atoms with Crippen molar-refractivity contribution in [3.05, 3.63) is 29.0 Å². The molecule has 2 N–H and O–H groups in total. The van der Waals surface area contributed by atoms with Gasteiger partial charge in [-0.15, -0.1) is 0 Å². The number of aromatic nitrogens is 1. The zero-order valence-electron chi connectivity index (χ0n) is 8.95. The van der Waals surface area contributed by atoms with Crippen LogP contribution in [0.4, 0.5) is 0 Å². The summed E-state index contributed by atoms with van der Waals surface area (Å²) in [5.74, 6) is -0.700. The lowest BCUT2D eigenvalue weighted by Crippen LogP contribution is -2.43. The Hall–Kier alpha value is -1.62. The van der Waals surface area contributed by atoms with Gasteiger partial charge in [0.2, 0.25) is 5.91 Å². The Morgan fingerprint density at radius 1 is 1.50 bits per heavy atom. The highest BCUT2D eigenvalue weighted by molar-refractivity contribution is 6.30. The molecule has 1 atom stereocenters. The summed E-state index contributed by atoms with van der Waals surface area (Å²) >= 11 is 5.72. The molecule has 0 aromatic carbocycles. The molecular weight excluding hydrogens is 230 g/mol. The fourth-order valence-corrected chi connectivity index (χ4v) is 1.24. The van der Waals surface area contributed by atoms with Gasteiger partial charge < -0.3 is 10.6 Å². The number of nitrogens with one attached hydrogen (secondary N) is 2. The van der Waals surface area contributed by atoms with Crippen LogP contribution in [0.25, 0.3) is 0 Å². The van der Waals surface area contributed by atoms with Crippen molar-refractivity contribution in [1.29, 1.82) is 0 Å². The van der Waals surface area contributed by atoms with Crippen molar-refractivity contribution >= 4 is 23.4 Å². The number of pyridine rings is 1. The Labute approximate surface area is 98.2 Å². The lowest BCUT2D eigenvalue weighted by molar-refractivity contribution is -0.122. The van der Waals surface area contributed by atoms with Crippen LogP contribution in [0.5, 0.6) is 0 Å². The molecule has 86 valence electrons. The molecule has 1 unspecified atom stereocenters. The van der Waals surface area contributed by atoms with Crippen LogP contribution in [0.1, 0.15) is 17.4 Å². The van der Waals surface area contributed by atoms with Gasteiger partial charge in [-0.3, -0.25) is 14.6 Å². The first-order chi connectivity index (χ1) is 7.54. The van der Waals surface area contributed by atoms with Crippen LogP contribution in [0.3, 0.4) is 0 Å². The maximum atomic E-state index is 11.6. The minimum atomic E-state index is -0.613. The lowest BCUT2D eigenvalue weighted by atomic mass is 10.3. The van der Waals surface area contributed by atoms with Crippen molar-refractivity contribution in [3.8, 4) is 0 Å². The van der Waals surface area contributed by atoms with Crippen LogP contribution in [0.2, 0.25) is 5.02 Å². The van der Waals surface area contributed by atoms with Gasteiger partial charge in [-0.05, 0) is 19.1 Å². The molecule has 2 amide bonds. The third-order valence-corrected chi connectivity index (χ3v) is 2.18. The normalized spacial score (nSPS) is 11.7. The van der Waals surface area contributed by atoms with Gasteiger partial charge in [0, 0.05) is 18.3 Å². The summed E-state index contributed by atoms with van der Waals surface area (Å²) in [5.41, 5.74) is 0.184. The monoisotopic (exact) mass is 241 g/mol. The average Bonchev–Trinajstić information content (AvgIpc) is 2.27. The predicted molar refractivity (Wildman–Crippen MR) is 60.2 cm³/mol. The zero-order valence-corrected chi connectivity index (χ0v) is 9.71. The number of hydrogen-bond acceptors (Lipinski definition) is 3. The topological polar surface area (TPSA) is 71.1 Å². The first kappa shape index (κ1) is 12.4. The van der Waals surface area contributed by atoms with Crippen molar-refractivity contribution in [2.45, 2.75) is 13.0 Å². The van der Waals surface area contributed by atoms with Crippen molar-refractivity contribution in [3.63, 3.8) is 0 Å². The highest BCUT2D eigenvalue weighted by Crippen LogP contribution is 2.07. The zero-order chi connectivity index (χ0) is 12.1. The molecule has 0 bridgehead atoms. The Balaban J connectivity index is 2.69. The molecule has 1 aromatic heterocycles. The highest BCUT2D eigenvalue weighted by atomic mass is 35.5. The fourth-order valence-electron chi connectivity index (χ4n) is 1.08. The van der Waals surface area contributed by atoms with E-state index < -0.39 is 11.9 Å². The molecule has 0 fully saturated rings. The molecule has 1 aromatic rings. The van der Waals surface area contributed by atoms with Crippen LogP contribution in [-0.4, -0.2) is 29.9 Å². The molecule has 0 aliphatic rings. The van der Waals surface area contributed by atoms with Crippen LogP contribution in [-0.2, 0) is 4.79 Å². The highest BCUT2D eigenvalue weighted by Gasteiger charge is 2.15. The molecule has 6 heteroatoms. The average molecular weight is 242 g/mol. The standard InChI is InChI=1S/C10H12ClN3O2/c1-6(9(15)12-2)14-10(16)8-5-7(11)3-4-13-8/h3-6H,1-2H3,(H,12,15)(H,14,16). The van der Waals surface area contributed by atoms with Crippen molar-refractivity contribution in [1.82, 2.24) is 15.6 Å². The maximum Gasteiger partial charge on any atom is 0.270 e. The van der Waals surface area contributed by atoms with E-state index in [4.69, 9.17) is 11.6 Å². The predicted octanol–water partition coefficient (Wildman–Crippen LogP) is 0.599. The maximum absolute atomic E-state index is 11.6. The summed E-state index contributed by atoms with van der Waals surface area (Å²) in [6, 6.07) is 2.40. The third kappa shape index (κ3) is 3.20. The molecule has 0 aliphatic carbocycles. The Morgan fingerprint density at radius 2 is 2.19 bits per heavy atom. The van der Waals surface area contributed by atoms with E-state index >= 15 is 0 Å². The van der Waals surface area contributed by atoms with E-state index in [1.807, 2.05) is 0 Å². The quantitative estimate of drug-likeness (QED) is 0.814. The van der Waals surface area contributed by atoms with Gasteiger partial charge in [-0.1, -0.05) is 11.6 Å². The van der Waals surface area contributed by atoms with Gasteiger partial charge >= 0.3 is 0 Å². The smallest absolute Gasteiger partial charge is 0.270 e. The van der Waals surface area contributed by atoms with Crippen molar-refractivity contribution in [2.24, 2.45) is 0 Å². The fraction of sp³-hybridized carbons (Fsp3) is 0.300. The second kappa shape index (κ2) is 5.46. The molecular formula is C10H12ClN3O2. The summed E-state index contributed by atoms with van der Waals surface area (Å²) in [5, 5.41) is 5.36. The van der Waals surface area contributed by atoms with E-state index in [-0.39, 0.29) is 11.6 Å². The number of rotatable bonds is 3. The molecule has 1 heterocycles. The molecule has 1 rings (SSSR count). The molecule has 0 saturated carbocycles. The molecule has 0 radical (unpaired) electrons. The van der Waals surface area contributed by atoms with Gasteiger partial charge in [0.25, 0.3) is 5.91 Å². The van der Waals surface area contributed by atoms with Gasteiger partial charge in [0.15, 0.2) is 0 Å². The van der Waals surface area contributed by atoms with E-state index in [9.17, 15) is 9.59 Å². The second-order valence-corrected chi connectivity index (χ2v) is 3.61. The second-order valence-electron chi connectivity index (χ2n) is 3.17.